The van der Waals surface area contributed by atoms with Crippen molar-refractivity contribution < 1.29 is 14.0 Å². The molecule has 0 aromatic heterocycles. The van der Waals surface area contributed by atoms with E-state index in [0.29, 0.717) is 11.1 Å². The van der Waals surface area contributed by atoms with Gasteiger partial charge in [-0.2, -0.15) is 0 Å². The van der Waals surface area contributed by atoms with Crippen molar-refractivity contribution in [2.45, 2.75) is 12.5 Å². The molecule has 21 heavy (non-hydrogen) atoms. The van der Waals surface area contributed by atoms with E-state index in [4.69, 9.17) is 0 Å². The summed E-state index contributed by atoms with van der Waals surface area (Å²) in [6.07, 6.45) is 0. The molecule has 2 aromatic rings. The first-order chi connectivity index (χ1) is 10.0. The van der Waals surface area contributed by atoms with Crippen LogP contribution < -0.4 is 10.6 Å². The zero-order valence-corrected chi connectivity index (χ0v) is 11.2. The molecule has 1 saturated heterocycles. The van der Waals surface area contributed by atoms with Crippen molar-refractivity contribution in [3.05, 3.63) is 58.9 Å². The second-order valence-corrected chi connectivity index (χ2v) is 5.40. The van der Waals surface area contributed by atoms with Gasteiger partial charge in [-0.15, -0.1) is 0 Å². The number of halogens is 1. The summed E-state index contributed by atoms with van der Waals surface area (Å²) in [7, 11) is 0. The molecule has 1 atom stereocenters. The molecule has 1 aliphatic carbocycles. The molecule has 1 spiro atoms. The van der Waals surface area contributed by atoms with Gasteiger partial charge in [0.15, 0.2) is 5.54 Å². The number of amides is 3. The maximum Gasteiger partial charge on any atom is 0.322 e. The number of rotatable bonds is 0. The second kappa shape index (κ2) is 3.69. The van der Waals surface area contributed by atoms with Crippen LogP contribution in [0.4, 0.5) is 9.18 Å². The Hall–Kier alpha value is -2.69. The summed E-state index contributed by atoms with van der Waals surface area (Å²) in [5.74, 6) is -0.907. The van der Waals surface area contributed by atoms with Gasteiger partial charge in [-0.25, -0.2) is 9.18 Å². The Morgan fingerprint density at radius 2 is 1.67 bits per heavy atom. The maximum absolute atomic E-state index is 13.7. The van der Waals surface area contributed by atoms with E-state index in [1.165, 1.54) is 12.1 Å². The molecule has 5 heteroatoms. The summed E-state index contributed by atoms with van der Waals surface area (Å²) >= 11 is 0. The molecule has 3 amide bonds. The van der Waals surface area contributed by atoms with Crippen molar-refractivity contribution in [2.24, 2.45) is 0 Å². The standard InChI is InChI=1S/C16H11FN2O2/c1-8-2-4-10-11-5-3-9(17)7-13(11)16(12(10)6-8)14(20)18-15(21)19-16/h2-7H,1H3,(H2,18,19,20,21). The normalized spacial score (nSPS) is 22.0. The SMILES string of the molecule is Cc1ccc2c(c1)C1(NC(=O)NC1=O)c1cc(F)ccc1-2. The highest BCUT2D eigenvalue weighted by Gasteiger charge is 2.54. The van der Waals surface area contributed by atoms with Crippen LogP contribution in [0, 0.1) is 12.7 Å². The molecule has 104 valence electrons. The monoisotopic (exact) mass is 282 g/mol. The summed E-state index contributed by atoms with van der Waals surface area (Å²) in [5, 5.41) is 4.94. The van der Waals surface area contributed by atoms with E-state index in [2.05, 4.69) is 10.6 Å². The van der Waals surface area contributed by atoms with Crippen molar-refractivity contribution >= 4 is 11.9 Å². The molecule has 2 aromatic carbocycles. The summed E-state index contributed by atoms with van der Waals surface area (Å²) in [6.45, 7) is 1.91. The van der Waals surface area contributed by atoms with Gasteiger partial charge in [0, 0.05) is 5.56 Å². The third-order valence-electron chi connectivity index (χ3n) is 4.12. The lowest BCUT2D eigenvalue weighted by molar-refractivity contribution is -0.122. The van der Waals surface area contributed by atoms with Crippen molar-refractivity contribution in [1.29, 1.82) is 0 Å². The largest absolute Gasteiger partial charge is 0.322 e. The van der Waals surface area contributed by atoms with Gasteiger partial charge in [-0.1, -0.05) is 29.8 Å². The Morgan fingerprint density at radius 3 is 2.33 bits per heavy atom. The average Bonchev–Trinajstić information content (AvgIpc) is 2.87. The van der Waals surface area contributed by atoms with Gasteiger partial charge in [0.2, 0.25) is 0 Å². The van der Waals surface area contributed by atoms with Crippen LogP contribution >= 0.6 is 0 Å². The van der Waals surface area contributed by atoms with Crippen LogP contribution in [-0.2, 0) is 10.3 Å². The van der Waals surface area contributed by atoms with E-state index in [1.807, 2.05) is 25.1 Å². The van der Waals surface area contributed by atoms with Gasteiger partial charge in [0.25, 0.3) is 5.91 Å². The fourth-order valence-corrected chi connectivity index (χ4v) is 3.24. The molecule has 0 saturated carbocycles. The van der Waals surface area contributed by atoms with E-state index in [0.717, 1.165) is 16.7 Å². The average molecular weight is 282 g/mol. The highest BCUT2D eigenvalue weighted by molar-refractivity contribution is 6.13. The Labute approximate surface area is 120 Å². The lowest BCUT2D eigenvalue weighted by Gasteiger charge is -2.23. The van der Waals surface area contributed by atoms with Crippen LogP contribution in [0.25, 0.3) is 11.1 Å². The quantitative estimate of drug-likeness (QED) is 0.728. The van der Waals surface area contributed by atoms with E-state index in [1.54, 1.807) is 6.07 Å². The number of carbonyl (C=O) groups excluding carboxylic acids is 2. The van der Waals surface area contributed by atoms with Crippen molar-refractivity contribution in [3.8, 4) is 11.1 Å². The molecule has 1 unspecified atom stereocenters. The minimum atomic E-state index is -1.32. The number of benzene rings is 2. The molecule has 4 nitrogen and oxygen atoms in total. The van der Waals surface area contributed by atoms with E-state index < -0.39 is 23.3 Å². The van der Waals surface area contributed by atoms with Gasteiger partial charge in [0.05, 0.1) is 0 Å². The number of nitrogens with one attached hydrogen (secondary N) is 2. The van der Waals surface area contributed by atoms with E-state index in [-0.39, 0.29) is 0 Å². The third-order valence-corrected chi connectivity index (χ3v) is 4.12. The molecule has 1 aliphatic heterocycles. The lowest BCUT2D eigenvalue weighted by atomic mass is 9.87. The molecule has 0 radical (unpaired) electrons. The Bertz CT molecular complexity index is 778. The topological polar surface area (TPSA) is 58.2 Å². The molecule has 1 fully saturated rings. The number of hydrogen-bond acceptors (Lipinski definition) is 2. The van der Waals surface area contributed by atoms with Gasteiger partial charge in [-0.05, 0) is 35.7 Å². The lowest BCUT2D eigenvalue weighted by Crippen LogP contribution is -2.43. The van der Waals surface area contributed by atoms with Gasteiger partial charge in [-0.3, -0.25) is 10.1 Å². The van der Waals surface area contributed by atoms with Crippen LogP contribution in [0.5, 0.6) is 0 Å². The van der Waals surface area contributed by atoms with E-state index >= 15 is 0 Å². The Kier molecular flexibility index (Phi) is 2.12. The fourth-order valence-electron chi connectivity index (χ4n) is 3.24. The van der Waals surface area contributed by atoms with Crippen LogP contribution in [0.15, 0.2) is 36.4 Å². The number of urea groups is 1. The predicted octanol–water partition coefficient (Wildman–Crippen LogP) is 2.20. The number of aryl methyl sites for hydroxylation is 1. The molecule has 2 N–H and O–H groups in total. The summed E-state index contributed by atoms with van der Waals surface area (Å²) < 4.78 is 13.7. The highest BCUT2D eigenvalue weighted by atomic mass is 19.1. The zero-order valence-electron chi connectivity index (χ0n) is 11.2. The molecule has 1 heterocycles. The summed E-state index contributed by atoms with van der Waals surface area (Å²) in [5.41, 5.74) is 2.42. The second-order valence-electron chi connectivity index (χ2n) is 5.40. The molecule has 0 bridgehead atoms. The number of hydrogen-bond donors (Lipinski definition) is 2. The number of imide groups is 1. The molecule has 2 aliphatic rings. The van der Waals surface area contributed by atoms with Crippen molar-refractivity contribution in [3.63, 3.8) is 0 Å². The Morgan fingerprint density at radius 1 is 1.00 bits per heavy atom. The van der Waals surface area contributed by atoms with Crippen molar-refractivity contribution in [1.82, 2.24) is 10.6 Å². The first-order valence-corrected chi connectivity index (χ1v) is 6.57. The number of fused-ring (bicyclic) bond motifs is 5. The van der Waals surface area contributed by atoms with Gasteiger partial charge < -0.3 is 5.32 Å². The molecular weight excluding hydrogens is 271 g/mol. The minimum absolute atomic E-state index is 0.438. The zero-order chi connectivity index (χ0) is 14.8. The summed E-state index contributed by atoms with van der Waals surface area (Å²) in [4.78, 5) is 24.1. The van der Waals surface area contributed by atoms with Gasteiger partial charge >= 0.3 is 6.03 Å². The first-order valence-electron chi connectivity index (χ1n) is 6.57. The van der Waals surface area contributed by atoms with Crippen LogP contribution in [0.2, 0.25) is 0 Å². The molecular formula is C16H11FN2O2. The van der Waals surface area contributed by atoms with Crippen LogP contribution in [0.3, 0.4) is 0 Å². The smallest absolute Gasteiger partial charge is 0.316 e. The van der Waals surface area contributed by atoms with Crippen molar-refractivity contribution in [2.75, 3.05) is 0 Å². The Balaban J connectivity index is 2.12. The number of carbonyl (C=O) groups is 2. The predicted molar refractivity (Wildman–Crippen MR) is 74.0 cm³/mol. The first kappa shape index (κ1) is 12.1. The van der Waals surface area contributed by atoms with Crippen LogP contribution in [0.1, 0.15) is 16.7 Å². The van der Waals surface area contributed by atoms with Crippen LogP contribution in [-0.4, -0.2) is 11.9 Å². The van der Waals surface area contributed by atoms with Gasteiger partial charge in [0.1, 0.15) is 5.82 Å². The minimum Gasteiger partial charge on any atom is -0.316 e. The summed E-state index contributed by atoms with van der Waals surface area (Å²) in [6, 6.07) is 9.44. The molecule has 4 rings (SSSR count). The highest BCUT2D eigenvalue weighted by Crippen LogP contribution is 2.49. The van der Waals surface area contributed by atoms with E-state index in [9.17, 15) is 14.0 Å². The maximum atomic E-state index is 13.7. The fraction of sp³-hybridized carbons (Fsp3) is 0.125. The third kappa shape index (κ3) is 1.38.